The van der Waals surface area contributed by atoms with Crippen molar-refractivity contribution in [3.8, 4) is 23.0 Å². The monoisotopic (exact) mass is 482 g/mol. The van der Waals surface area contributed by atoms with Crippen molar-refractivity contribution in [2.45, 2.75) is 12.0 Å². The molecule has 178 valence electrons. The molecule has 1 aliphatic heterocycles. The van der Waals surface area contributed by atoms with Gasteiger partial charge >= 0.3 is 0 Å². The van der Waals surface area contributed by atoms with Crippen LogP contribution in [0.1, 0.15) is 32.8 Å². The number of ether oxygens (including phenoxy) is 4. The Morgan fingerprint density at radius 1 is 0.912 bits per heavy atom. The summed E-state index contributed by atoms with van der Waals surface area (Å²) in [6.07, 6.45) is 0. The second-order valence-electron chi connectivity index (χ2n) is 7.71. The first kappa shape index (κ1) is 23.4. The highest BCUT2D eigenvalue weighted by molar-refractivity contribution is 7.10. The van der Waals surface area contributed by atoms with Crippen LogP contribution in [0.25, 0.3) is 0 Å². The topological polar surface area (TPSA) is 86.3 Å². The Balaban J connectivity index is 1.82. The normalized spacial score (nSPS) is 17.1. The predicted molar refractivity (Wildman–Crippen MR) is 130 cm³/mol. The van der Waals surface area contributed by atoms with E-state index in [2.05, 4.69) is 5.32 Å². The molecule has 0 saturated carbocycles. The maximum absolute atomic E-state index is 13.8. The van der Waals surface area contributed by atoms with Gasteiger partial charge in [-0.3, -0.25) is 9.59 Å². The van der Waals surface area contributed by atoms with E-state index in [-0.39, 0.29) is 11.8 Å². The molecule has 0 saturated heterocycles. The third-order valence-corrected chi connectivity index (χ3v) is 6.89. The standard InChI is InChI=1S/C25H26N2O6S/c1-27-23(21-7-6-10-34-21)22(15-12-19(32-4)20(33-5)13-16(15)25(27)29)24(28)26-14-8-9-17(30-2)18(11-14)31-3/h6-13,22-23H,1-5H3,(H,26,28)/t22-,23-/m0/s1. The molecule has 0 spiro atoms. The van der Waals surface area contributed by atoms with Gasteiger partial charge < -0.3 is 29.2 Å². The molecule has 4 rings (SSSR count). The average Bonchev–Trinajstić information content (AvgIpc) is 3.39. The van der Waals surface area contributed by atoms with Crippen LogP contribution in [-0.4, -0.2) is 52.2 Å². The molecule has 2 atom stereocenters. The summed E-state index contributed by atoms with van der Waals surface area (Å²) in [6, 6.07) is 11.9. The molecule has 1 aliphatic rings. The molecule has 9 heteroatoms. The SMILES string of the molecule is COc1ccc(NC(=O)[C@H]2c3cc(OC)c(OC)cc3C(=O)N(C)[C@H]2c2cccs2)cc1OC. The van der Waals surface area contributed by atoms with Gasteiger partial charge in [0.15, 0.2) is 23.0 Å². The maximum Gasteiger partial charge on any atom is 0.254 e. The summed E-state index contributed by atoms with van der Waals surface area (Å²) in [5.41, 5.74) is 1.53. The van der Waals surface area contributed by atoms with E-state index in [0.29, 0.717) is 39.8 Å². The number of benzene rings is 2. The Hall–Kier alpha value is -3.72. The lowest BCUT2D eigenvalue weighted by molar-refractivity contribution is -0.119. The molecule has 2 aromatic carbocycles. The number of fused-ring (bicyclic) bond motifs is 1. The lowest BCUT2D eigenvalue weighted by Gasteiger charge is -2.39. The summed E-state index contributed by atoms with van der Waals surface area (Å²) < 4.78 is 21.5. The summed E-state index contributed by atoms with van der Waals surface area (Å²) >= 11 is 1.50. The smallest absolute Gasteiger partial charge is 0.254 e. The van der Waals surface area contributed by atoms with E-state index in [1.807, 2.05) is 17.5 Å². The first-order chi connectivity index (χ1) is 16.4. The van der Waals surface area contributed by atoms with E-state index in [4.69, 9.17) is 18.9 Å². The van der Waals surface area contributed by atoms with E-state index in [0.717, 1.165) is 4.88 Å². The van der Waals surface area contributed by atoms with Crippen molar-refractivity contribution in [3.63, 3.8) is 0 Å². The quantitative estimate of drug-likeness (QED) is 0.540. The fourth-order valence-corrected chi connectivity index (χ4v) is 5.19. The van der Waals surface area contributed by atoms with Crippen LogP contribution in [0, 0.1) is 0 Å². The van der Waals surface area contributed by atoms with E-state index < -0.39 is 12.0 Å². The third-order valence-electron chi connectivity index (χ3n) is 5.94. The van der Waals surface area contributed by atoms with Crippen molar-refractivity contribution < 1.29 is 28.5 Å². The lowest BCUT2D eigenvalue weighted by Crippen LogP contribution is -2.43. The molecule has 0 unspecified atom stereocenters. The van der Waals surface area contributed by atoms with Crippen molar-refractivity contribution in [1.82, 2.24) is 4.90 Å². The predicted octanol–water partition coefficient (Wildman–Crippen LogP) is 4.33. The van der Waals surface area contributed by atoms with Gasteiger partial charge in [-0.2, -0.15) is 0 Å². The van der Waals surface area contributed by atoms with E-state index >= 15 is 0 Å². The minimum absolute atomic E-state index is 0.190. The molecule has 1 N–H and O–H groups in total. The fourth-order valence-electron chi connectivity index (χ4n) is 4.28. The number of carbonyl (C=O) groups excluding carboxylic acids is 2. The second-order valence-corrected chi connectivity index (χ2v) is 8.69. The maximum atomic E-state index is 13.8. The van der Waals surface area contributed by atoms with Gasteiger partial charge in [-0.25, -0.2) is 0 Å². The Morgan fingerprint density at radius 3 is 2.18 bits per heavy atom. The van der Waals surface area contributed by atoms with Gasteiger partial charge in [0.1, 0.15) is 0 Å². The Bertz CT molecular complexity index is 1210. The van der Waals surface area contributed by atoms with Crippen LogP contribution in [-0.2, 0) is 4.79 Å². The van der Waals surface area contributed by atoms with Gasteiger partial charge in [0, 0.05) is 29.2 Å². The van der Waals surface area contributed by atoms with Gasteiger partial charge in [0.25, 0.3) is 5.91 Å². The van der Waals surface area contributed by atoms with Crippen LogP contribution in [0.15, 0.2) is 47.8 Å². The number of rotatable bonds is 7. The molecule has 2 amide bonds. The molecule has 34 heavy (non-hydrogen) atoms. The largest absolute Gasteiger partial charge is 0.493 e. The van der Waals surface area contributed by atoms with Gasteiger partial charge in [-0.15, -0.1) is 11.3 Å². The van der Waals surface area contributed by atoms with Crippen molar-refractivity contribution in [1.29, 1.82) is 0 Å². The van der Waals surface area contributed by atoms with Crippen LogP contribution in [0.3, 0.4) is 0 Å². The molecule has 1 aromatic heterocycles. The van der Waals surface area contributed by atoms with Crippen molar-refractivity contribution >= 4 is 28.8 Å². The number of thiophene rings is 1. The molecular formula is C25H26N2O6S. The van der Waals surface area contributed by atoms with Gasteiger partial charge in [0.05, 0.1) is 40.4 Å². The highest BCUT2D eigenvalue weighted by Gasteiger charge is 2.44. The summed E-state index contributed by atoms with van der Waals surface area (Å²) in [5, 5.41) is 4.92. The van der Waals surface area contributed by atoms with Gasteiger partial charge in [-0.05, 0) is 41.3 Å². The summed E-state index contributed by atoms with van der Waals surface area (Å²) in [7, 11) is 7.83. The number of likely N-dealkylation sites (N-methyl/N-ethyl adjacent to an activating group) is 1. The number of nitrogens with one attached hydrogen (secondary N) is 1. The molecule has 0 fully saturated rings. The van der Waals surface area contributed by atoms with Crippen LogP contribution in [0.5, 0.6) is 23.0 Å². The Labute approximate surface area is 202 Å². The molecule has 8 nitrogen and oxygen atoms in total. The van der Waals surface area contributed by atoms with Crippen LogP contribution >= 0.6 is 11.3 Å². The number of hydrogen-bond donors (Lipinski definition) is 1. The first-order valence-electron chi connectivity index (χ1n) is 10.5. The highest BCUT2D eigenvalue weighted by Crippen LogP contribution is 2.47. The van der Waals surface area contributed by atoms with Crippen LogP contribution < -0.4 is 24.3 Å². The van der Waals surface area contributed by atoms with Crippen molar-refractivity contribution in [2.24, 2.45) is 0 Å². The third kappa shape index (κ3) is 4.03. The summed E-state index contributed by atoms with van der Waals surface area (Å²) in [6.45, 7) is 0. The number of methoxy groups -OCH3 is 4. The zero-order chi connectivity index (χ0) is 24.4. The fraction of sp³-hybridized carbons (Fsp3) is 0.280. The zero-order valence-corrected chi connectivity index (χ0v) is 20.4. The Morgan fingerprint density at radius 2 is 1.56 bits per heavy atom. The molecule has 3 aromatic rings. The minimum Gasteiger partial charge on any atom is -0.493 e. The number of nitrogens with zero attached hydrogens (tertiary/aromatic N) is 1. The highest BCUT2D eigenvalue weighted by atomic mass is 32.1. The molecular weight excluding hydrogens is 456 g/mol. The number of hydrogen-bond acceptors (Lipinski definition) is 7. The lowest BCUT2D eigenvalue weighted by atomic mass is 9.81. The molecule has 0 bridgehead atoms. The van der Waals surface area contributed by atoms with Crippen LogP contribution in [0.4, 0.5) is 5.69 Å². The van der Waals surface area contributed by atoms with E-state index in [1.165, 1.54) is 32.7 Å². The molecule has 0 radical (unpaired) electrons. The Kier molecular flexibility index (Phi) is 6.65. The average molecular weight is 483 g/mol. The minimum atomic E-state index is -0.691. The number of amides is 2. The molecule has 0 aliphatic carbocycles. The van der Waals surface area contributed by atoms with Gasteiger partial charge in [-0.1, -0.05) is 6.07 Å². The number of anilines is 1. The van der Waals surface area contributed by atoms with Crippen molar-refractivity contribution in [2.75, 3.05) is 40.8 Å². The first-order valence-corrected chi connectivity index (χ1v) is 11.4. The van der Waals surface area contributed by atoms with E-state index in [1.54, 1.807) is 49.4 Å². The van der Waals surface area contributed by atoms with Gasteiger partial charge in [0.2, 0.25) is 5.91 Å². The number of carbonyl (C=O) groups is 2. The summed E-state index contributed by atoms with van der Waals surface area (Å²) in [5.74, 6) is 0.788. The molecule has 2 heterocycles. The van der Waals surface area contributed by atoms with E-state index in [9.17, 15) is 9.59 Å². The zero-order valence-electron chi connectivity index (χ0n) is 19.6. The second kappa shape index (κ2) is 9.64. The van der Waals surface area contributed by atoms with Crippen molar-refractivity contribution in [3.05, 3.63) is 63.8 Å². The van der Waals surface area contributed by atoms with Crippen LogP contribution in [0.2, 0.25) is 0 Å². The summed E-state index contributed by atoms with van der Waals surface area (Å²) in [4.78, 5) is 29.7.